The van der Waals surface area contributed by atoms with Crippen LogP contribution in [0.1, 0.15) is 0 Å². The number of ether oxygens (including phenoxy) is 1. The molecule has 0 unspecified atom stereocenters. The highest BCUT2D eigenvalue weighted by Crippen LogP contribution is 2.33. The molecule has 0 spiro atoms. The third kappa shape index (κ3) is 3.11. The topological polar surface area (TPSA) is 102 Å². The molecule has 0 saturated heterocycles. The fourth-order valence-electron chi connectivity index (χ4n) is 1.70. The second-order valence-electron chi connectivity index (χ2n) is 3.90. The van der Waals surface area contributed by atoms with Crippen molar-refractivity contribution in [2.45, 2.75) is 0 Å². The van der Waals surface area contributed by atoms with Crippen molar-refractivity contribution in [1.29, 1.82) is 0 Å². The normalized spacial score (nSPS) is 10.0. The van der Waals surface area contributed by atoms with Gasteiger partial charge in [0.2, 0.25) is 11.6 Å². The summed E-state index contributed by atoms with van der Waals surface area (Å²) in [6.45, 7) is 0. The molecule has 110 valence electrons. The van der Waals surface area contributed by atoms with Crippen molar-refractivity contribution in [3.05, 3.63) is 39.7 Å². The molecule has 0 aliphatic rings. The van der Waals surface area contributed by atoms with Gasteiger partial charge in [0.25, 0.3) is 0 Å². The number of hydrogen-bond acceptors (Lipinski definition) is 7. The summed E-state index contributed by atoms with van der Waals surface area (Å²) in [5.74, 6) is 0.648. The molecule has 0 radical (unpaired) electrons. The quantitative estimate of drug-likeness (QED) is 0.646. The molecule has 0 saturated carbocycles. The van der Waals surface area contributed by atoms with Crippen molar-refractivity contribution in [3.63, 3.8) is 0 Å². The van der Waals surface area contributed by atoms with Crippen LogP contribution in [-0.2, 0) is 0 Å². The first-order valence-corrected chi connectivity index (χ1v) is 6.22. The van der Waals surface area contributed by atoms with Crippen LogP contribution in [0.5, 0.6) is 5.75 Å². The monoisotopic (exact) mass is 309 g/mol. The van der Waals surface area contributed by atoms with Gasteiger partial charge in [-0.3, -0.25) is 10.1 Å². The summed E-state index contributed by atoms with van der Waals surface area (Å²) in [7, 11) is 3.03. The van der Waals surface area contributed by atoms with Crippen LogP contribution in [0.15, 0.2) is 24.5 Å². The van der Waals surface area contributed by atoms with Crippen LogP contribution < -0.4 is 15.4 Å². The van der Waals surface area contributed by atoms with E-state index in [-0.39, 0.29) is 17.3 Å². The van der Waals surface area contributed by atoms with Crippen LogP contribution in [0.2, 0.25) is 5.02 Å². The number of benzene rings is 1. The number of halogens is 1. The lowest BCUT2D eigenvalue weighted by atomic mass is 10.3. The molecule has 2 rings (SSSR count). The zero-order valence-electron chi connectivity index (χ0n) is 11.3. The van der Waals surface area contributed by atoms with E-state index in [1.165, 1.54) is 13.4 Å². The Bertz CT molecular complexity index is 680. The molecular formula is C12H12ClN5O3. The molecule has 0 aliphatic carbocycles. The highest BCUT2D eigenvalue weighted by atomic mass is 35.5. The summed E-state index contributed by atoms with van der Waals surface area (Å²) in [6.07, 6.45) is 1.23. The van der Waals surface area contributed by atoms with Crippen LogP contribution in [0.4, 0.5) is 23.0 Å². The van der Waals surface area contributed by atoms with E-state index in [1.54, 1.807) is 25.2 Å². The Labute approximate surface area is 125 Å². The van der Waals surface area contributed by atoms with Gasteiger partial charge >= 0.3 is 5.69 Å². The number of nitrogens with zero attached hydrogens (tertiary/aromatic N) is 3. The van der Waals surface area contributed by atoms with Crippen LogP contribution >= 0.6 is 11.6 Å². The third-order valence-electron chi connectivity index (χ3n) is 2.66. The Balaban J connectivity index is 2.42. The van der Waals surface area contributed by atoms with Gasteiger partial charge in [0, 0.05) is 18.8 Å². The highest BCUT2D eigenvalue weighted by molar-refractivity contribution is 6.32. The van der Waals surface area contributed by atoms with Crippen molar-refractivity contribution >= 4 is 34.6 Å². The van der Waals surface area contributed by atoms with Crippen LogP contribution in [0.3, 0.4) is 0 Å². The minimum absolute atomic E-state index is 0.0729. The Morgan fingerprint density at radius 1 is 1.33 bits per heavy atom. The fourth-order valence-corrected chi connectivity index (χ4v) is 1.90. The summed E-state index contributed by atoms with van der Waals surface area (Å²) in [5, 5.41) is 17.1. The second kappa shape index (κ2) is 6.23. The van der Waals surface area contributed by atoms with E-state index in [4.69, 9.17) is 16.3 Å². The van der Waals surface area contributed by atoms with Crippen molar-refractivity contribution in [2.75, 3.05) is 24.8 Å². The lowest BCUT2D eigenvalue weighted by molar-refractivity contribution is -0.383. The Hall–Kier alpha value is -2.61. The van der Waals surface area contributed by atoms with E-state index >= 15 is 0 Å². The molecule has 2 N–H and O–H groups in total. The summed E-state index contributed by atoms with van der Waals surface area (Å²) >= 11 is 5.93. The van der Waals surface area contributed by atoms with E-state index in [0.717, 1.165) is 0 Å². The molecule has 1 heterocycles. The van der Waals surface area contributed by atoms with E-state index in [1.807, 2.05) is 0 Å². The van der Waals surface area contributed by atoms with Gasteiger partial charge in [-0.15, -0.1) is 0 Å². The predicted molar refractivity (Wildman–Crippen MR) is 79.5 cm³/mol. The number of nitro groups is 1. The number of anilines is 3. The first-order chi connectivity index (χ1) is 10.1. The zero-order chi connectivity index (χ0) is 15.4. The largest absolute Gasteiger partial charge is 0.495 e. The van der Waals surface area contributed by atoms with Crippen molar-refractivity contribution in [1.82, 2.24) is 9.97 Å². The molecule has 0 atom stereocenters. The van der Waals surface area contributed by atoms with Crippen LogP contribution in [0.25, 0.3) is 0 Å². The molecule has 21 heavy (non-hydrogen) atoms. The minimum atomic E-state index is -0.554. The smallest absolute Gasteiger partial charge is 0.353 e. The van der Waals surface area contributed by atoms with Crippen molar-refractivity contribution in [3.8, 4) is 5.75 Å². The number of methoxy groups -OCH3 is 1. The average Bonchev–Trinajstić information content (AvgIpc) is 2.48. The maximum atomic E-state index is 11.2. The SMILES string of the molecule is CNc1ncnc(Nc2ccc(Cl)c(OC)c2)c1[N+](=O)[O-]. The average molecular weight is 310 g/mol. The molecule has 0 fully saturated rings. The summed E-state index contributed by atoms with van der Waals surface area (Å²) in [4.78, 5) is 18.3. The van der Waals surface area contributed by atoms with E-state index in [9.17, 15) is 10.1 Å². The Morgan fingerprint density at radius 3 is 2.67 bits per heavy atom. The molecule has 0 aliphatic heterocycles. The molecule has 0 amide bonds. The third-order valence-corrected chi connectivity index (χ3v) is 2.97. The fraction of sp³-hybridized carbons (Fsp3) is 0.167. The van der Waals surface area contributed by atoms with Crippen LogP contribution in [0, 0.1) is 10.1 Å². The molecule has 1 aromatic carbocycles. The molecule has 1 aromatic heterocycles. The Morgan fingerprint density at radius 2 is 2.05 bits per heavy atom. The Kier molecular flexibility index (Phi) is 4.39. The van der Waals surface area contributed by atoms with E-state index in [2.05, 4.69) is 20.6 Å². The number of rotatable bonds is 5. The molecule has 9 heteroatoms. The van der Waals surface area contributed by atoms with Gasteiger partial charge in [-0.25, -0.2) is 9.97 Å². The van der Waals surface area contributed by atoms with Gasteiger partial charge < -0.3 is 15.4 Å². The van der Waals surface area contributed by atoms with Gasteiger partial charge in [0.1, 0.15) is 12.1 Å². The lowest BCUT2D eigenvalue weighted by Gasteiger charge is -2.10. The van der Waals surface area contributed by atoms with E-state index < -0.39 is 4.92 Å². The van der Waals surface area contributed by atoms with Gasteiger partial charge in [-0.05, 0) is 12.1 Å². The first kappa shape index (κ1) is 14.8. The maximum Gasteiger partial charge on any atom is 0.353 e. The van der Waals surface area contributed by atoms with Gasteiger partial charge in [-0.2, -0.15) is 0 Å². The van der Waals surface area contributed by atoms with Crippen LogP contribution in [-0.4, -0.2) is 29.0 Å². The van der Waals surface area contributed by atoms with Gasteiger partial charge in [0.05, 0.1) is 17.1 Å². The van der Waals surface area contributed by atoms with Crippen molar-refractivity contribution in [2.24, 2.45) is 0 Å². The van der Waals surface area contributed by atoms with E-state index in [0.29, 0.717) is 16.5 Å². The molecule has 0 bridgehead atoms. The minimum Gasteiger partial charge on any atom is -0.495 e. The lowest BCUT2D eigenvalue weighted by Crippen LogP contribution is -2.05. The zero-order valence-corrected chi connectivity index (χ0v) is 12.0. The first-order valence-electron chi connectivity index (χ1n) is 5.84. The summed E-state index contributed by atoms with van der Waals surface area (Å²) < 4.78 is 5.10. The second-order valence-corrected chi connectivity index (χ2v) is 4.31. The number of aromatic nitrogens is 2. The maximum absolute atomic E-state index is 11.2. The van der Waals surface area contributed by atoms with Gasteiger partial charge in [-0.1, -0.05) is 11.6 Å². The van der Waals surface area contributed by atoms with Gasteiger partial charge in [0.15, 0.2) is 0 Å². The highest BCUT2D eigenvalue weighted by Gasteiger charge is 2.22. The molecular weight excluding hydrogens is 298 g/mol. The summed E-state index contributed by atoms with van der Waals surface area (Å²) in [5.41, 5.74) is 0.314. The molecule has 2 aromatic rings. The standard InChI is InChI=1S/C12H12ClN5O3/c1-14-11-10(18(19)20)12(16-6-15-11)17-7-3-4-8(13)9(5-7)21-2/h3-6H,1-2H3,(H2,14,15,16,17). The predicted octanol–water partition coefficient (Wildman–Crippen LogP) is 2.83. The number of nitrogens with one attached hydrogen (secondary N) is 2. The molecule has 8 nitrogen and oxygen atoms in total. The van der Waals surface area contributed by atoms with Crippen molar-refractivity contribution < 1.29 is 9.66 Å². The summed E-state index contributed by atoms with van der Waals surface area (Å²) in [6, 6.07) is 4.90. The number of hydrogen-bond donors (Lipinski definition) is 2.